The average molecular weight is 358 g/mol. The Morgan fingerprint density at radius 3 is 2.19 bits per heavy atom. The molecule has 0 heterocycles. The van der Waals surface area contributed by atoms with Crippen molar-refractivity contribution in [2.75, 3.05) is 28.4 Å². The molecule has 0 atom stereocenters. The Kier molecular flexibility index (Phi) is 4.84. The third-order valence-corrected chi connectivity index (χ3v) is 4.35. The number of allylic oxidation sites excluding steroid dienone is 1. The number of methoxy groups -OCH3 is 4. The molecule has 1 aliphatic rings. The molecule has 2 aromatic rings. The molecule has 5 nitrogen and oxygen atoms in total. The quantitative estimate of drug-likeness (QED) is 0.763. The van der Waals surface area contributed by atoms with Gasteiger partial charge in [-0.2, -0.15) is 0 Å². The summed E-state index contributed by atoms with van der Waals surface area (Å²) in [5.74, 6) is 0.872. The third kappa shape index (κ3) is 2.87. The number of carbonyl (C=O) groups excluding carboxylic acids is 1. The predicted octanol–water partition coefficient (Wildman–Crippen LogP) is 3.68. The number of ether oxygens (including phenoxy) is 4. The van der Waals surface area contributed by atoms with Crippen molar-refractivity contribution in [2.45, 2.75) is 6.42 Å². The monoisotopic (exact) mass is 358 g/mol. The van der Waals surface area contributed by atoms with Gasteiger partial charge in [0.2, 0.25) is 5.75 Å². The smallest absolute Gasteiger partial charge is 0.203 e. The summed E-state index contributed by atoms with van der Waals surface area (Å²) >= 11 is 0. The van der Waals surface area contributed by atoms with Crippen LogP contribution in [-0.2, 0) is 6.42 Å². The minimum Gasteiger partial charge on any atom is -0.494 e. The summed E-state index contributed by atoms with van der Waals surface area (Å²) in [6.45, 7) is 0. The fraction of sp³-hybridized carbons (Fsp3) is 0.250. The van der Waals surface area contributed by atoms with Crippen LogP contribution in [0.2, 0.25) is 0 Å². The van der Waals surface area contributed by atoms with E-state index in [0.29, 0.717) is 40.4 Å². The standard InChI is InChI=1S/C20H19FO5/c1-23-16-6-5-11(8-15(16)21)7-12-9-14-13(18(12)22)10-17(24-2)20(26-4)19(14)25-3/h5-8,10H,9H2,1-4H3/b12-7+. The van der Waals surface area contributed by atoms with Crippen LogP contribution in [0.4, 0.5) is 4.39 Å². The highest BCUT2D eigenvalue weighted by atomic mass is 19.1. The second kappa shape index (κ2) is 7.07. The number of halogens is 1. The van der Waals surface area contributed by atoms with Gasteiger partial charge in [0.15, 0.2) is 28.8 Å². The number of rotatable bonds is 5. The minimum atomic E-state index is -0.481. The largest absolute Gasteiger partial charge is 0.494 e. The van der Waals surface area contributed by atoms with Gasteiger partial charge in [-0.05, 0) is 29.8 Å². The van der Waals surface area contributed by atoms with Crippen LogP contribution in [0.15, 0.2) is 29.8 Å². The van der Waals surface area contributed by atoms with Crippen LogP contribution in [0.1, 0.15) is 21.5 Å². The molecule has 0 unspecified atom stereocenters. The van der Waals surface area contributed by atoms with Gasteiger partial charge in [-0.15, -0.1) is 0 Å². The van der Waals surface area contributed by atoms with Crippen molar-refractivity contribution in [1.29, 1.82) is 0 Å². The zero-order chi connectivity index (χ0) is 18.8. The van der Waals surface area contributed by atoms with Crippen LogP contribution in [-0.4, -0.2) is 34.2 Å². The Hall–Kier alpha value is -3.02. The van der Waals surface area contributed by atoms with Gasteiger partial charge >= 0.3 is 0 Å². The molecule has 136 valence electrons. The lowest BCUT2D eigenvalue weighted by Gasteiger charge is -2.15. The molecule has 0 bridgehead atoms. The molecule has 3 rings (SSSR count). The first-order chi connectivity index (χ1) is 12.5. The first kappa shape index (κ1) is 17.8. The van der Waals surface area contributed by atoms with E-state index in [1.54, 1.807) is 18.2 Å². The normalized spacial score (nSPS) is 14.3. The molecule has 1 aliphatic carbocycles. The lowest BCUT2D eigenvalue weighted by atomic mass is 10.1. The summed E-state index contributed by atoms with van der Waals surface area (Å²) in [4.78, 5) is 12.8. The lowest BCUT2D eigenvalue weighted by molar-refractivity contribution is 0.104. The summed E-state index contributed by atoms with van der Waals surface area (Å²) in [7, 11) is 5.93. The number of Topliss-reactive ketones (excluding diaryl/α,β-unsaturated/α-hetero) is 1. The molecule has 26 heavy (non-hydrogen) atoms. The van der Waals surface area contributed by atoms with Gasteiger partial charge in [-0.3, -0.25) is 4.79 Å². The summed E-state index contributed by atoms with van der Waals surface area (Å²) in [6.07, 6.45) is 2.04. The zero-order valence-corrected chi connectivity index (χ0v) is 15.0. The highest BCUT2D eigenvalue weighted by molar-refractivity contribution is 6.16. The molecule has 2 aromatic carbocycles. The van der Waals surface area contributed by atoms with Crippen LogP contribution in [0.3, 0.4) is 0 Å². The van der Waals surface area contributed by atoms with E-state index in [1.165, 1.54) is 40.6 Å². The Bertz CT molecular complexity index is 902. The maximum Gasteiger partial charge on any atom is 0.203 e. The van der Waals surface area contributed by atoms with E-state index in [-0.39, 0.29) is 11.5 Å². The topological polar surface area (TPSA) is 54.0 Å². The Morgan fingerprint density at radius 2 is 1.62 bits per heavy atom. The maximum atomic E-state index is 13.9. The van der Waals surface area contributed by atoms with Gasteiger partial charge in [0.05, 0.1) is 28.4 Å². The van der Waals surface area contributed by atoms with Crippen molar-refractivity contribution >= 4 is 11.9 Å². The average Bonchev–Trinajstić information content (AvgIpc) is 2.95. The number of hydrogen-bond acceptors (Lipinski definition) is 5. The van der Waals surface area contributed by atoms with Crippen LogP contribution in [0.25, 0.3) is 6.08 Å². The van der Waals surface area contributed by atoms with Crippen molar-refractivity contribution < 1.29 is 28.1 Å². The first-order valence-electron chi connectivity index (χ1n) is 7.94. The molecule has 0 saturated carbocycles. The highest BCUT2D eigenvalue weighted by Gasteiger charge is 2.32. The summed E-state index contributed by atoms with van der Waals surface area (Å²) < 4.78 is 35.0. The van der Waals surface area contributed by atoms with Crippen LogP contribution in [0, 0.1) is 5.82 Å². The van der Waals surface area contributed by atoms with Gasteiger partial charge in [-0.1, -0.05) is 6.07 Å². The summed E-state index contributed by atoms with van der Waals surface area (Å²) in [6, 6.07) is 6.21. The fourth-order valence-corrected chi connectivity index (χ4v) is 3.13. The van der Waals surface area contributed by atoms with Crippen LogP contribution >= 0.6 is 0 Å². The van der Waals surface area contributed by atoms with E-state index in [9.17, 15) is 9.18 Å². The third-order valence-electron chi connectivity index (χ3n) is 4.35. The van der Waals surface area contributed by atoms with Gasteiger partial charge in [-0.25, -0.2) is 4.39 Å². The molecule has 0 aromatic heterocycles. The fourth-order valence-electron chi connectivity index (χ4n) is 3.13. The van der Waals surface area contributed by atoms with Crippen molar-refractivity contribution in [3.05, 3.63) is 52.3 Å². The predicted molar refractivity (Wildman–Crippen MR) is 95.1 cm³/mol. The van der Waals surface area contributed by atoms with Crippen molar-refractivity contribution in [2.24, 2.45) is 0 Å². The van der Waals surface area contributed by atoms with E-state index in [4.69, 9.17) is 18.9 Å². The van der Waals surface area contributed by atoms with Crippen molar-refractivity contribution in [1.82, 2.24) is 0 Å². The molecule has 0 aliphatic heterocycles. The number of hydrogen-bond donors (Lipinski definition) is 0. The first-order valence-corrected chi connectivity index (χ1v) is 7.94. The van der Waals surface area contributed by atoms with Crippen LogP contribution < -0.4 is 18.9 Å². The molecule has 6 heteroatoms. The molecule has 0 saturated heterocycles. The second-order valence-electron chi connectivity index (χ2n) is 5.74. The summed E-state index contributed by atoms with van der Waals surface area (Å²) in [5.41, 5.74) is 2.35. The number of ketones is 1. The molecule has 0 amide bonds. The van der Waals surface area contributed by atoms with Crippen molar-refractivity contribution in [3.8, 4) is 23.0 Å². The number of carbonyl (C=O) groups is 1. The van der Waals surface area contributed by atoms with Crippen molar-refractivity contribution in [3.63, 3.8) is 0 Å². The van der Waals surface area contributed by atoms with E-state index in [1.807, 2.05) is 0 Å². The molecular weight excluding hydrogens is 339 g/mol. The molecule has 0 spiro atoms. The second-order valence-corrected chi connectivity index (χ2v) is 5.74. The molecular formula is C20H19FO5. The number of benzene rings is 2. The SMILES string of the molecule is COc1ccc(/C=C2\Cc3c(cc(OC)c(OC)c3OC)C2=O)cc1F. The maximum absolute atomic E-state index is 13.9. The van der Waals surface area contributed by atoms with E-state index >= 15 is 0 Å². The Labute approximate surface area is 150 Å². The number of fused-ring (bicyclic) bond motifs is 1. The Morgan fingerprint density at radius 1 is 0.923 bits per heavy atom. The molecule has 0 fully saturated rings. The summed E-state index contributed by atoms with van der Waals surface area (Å²) in [5, 5.41) is 0. The van der Waals surface area contributed by atoms with Gasteiger partial charge < -0.3 is 18.9 Å². The van der Waals surface area contributed by atoms with Gasteiger partial charge in [0.1, 0.15) is 0 Å². The molecule has 0 N–H and O–H groups in total. The minimum absolute atomic E-state index is 0.143. The zero-order valence-electron chi connectivity index (χ0n) is 15.0. The van der Waals surface area contributed by atoms with Gasteiger partial charge in [0.25, 0.3) is 0 Å². The van der Waals surface area contributed by atoms with Crippen LogP contribution in [0.5, 0.6) is 23.0 Å². The molecule has 0 radical (unpaired) electrons. The van der Waals surface area contributed by atoms with E-state index < -0.39 is 5.82 Å². The van der Waals surface area contributed by atoms with E-state index in [0.717, 1.165) is 5.56 Å². The highest BCUT2D eigenvalue weighted by Crippen LogP contribution is 2.46. The lowest BCUT2D eigenvalue weighted by Crippen LogP contribution is -2.00. The Balaban J connectivity index is 2.06. The van der Waals surface area contributed by atoms with Gasteiger partial charge in [0, 0.05) is 23.1 Å². The van der Waals surface area contributed by atoms with E-state index in [2.05, 4.69) is 0 Å².